The molecule has 16 heavy (non-hydrogen) atoms. The Hall–Kier alpha value is -0.960. The number of carbonyl (C=O) groups excluding carboxylic acids is 1. The van der Waals surface area contributed by atoms with Crippen molar-refractivity contribution in [2.45, 2.75) is 38.0 Å². The molecule has 0 spiro atoms. The molecule has 0 fully saturated rings. The van der Waals surface area contributed by atoms with E-state index in [4.69, 9.17) is 16.0 Å². The van der Waals surface area contributed by atoms with Gasteiger partial charge in [0, 0.05) is 24.8 Å². The first-order chi connectivity index (χ1) is 7.68. The van der Waals surface area contributed by atoms with Gasteiger partial charge in [-0.25, -0.2) is 0 Å². The van der Waals surface area contributed by atoms with Gasteiger partial charge in [-0.05, 0) is 31.9 Å². The van der Waals surface area contributed by atoms with Gasteiger partial charge in [0.05, 0.1) is 6.26 Å². The largest absolute Gasteiger partial charge is 0.469 e. The fraction of sp³-hybridized carbons (Fsp3) is 0.583. The van der Waals surface area contributed by atoms with Crippen molar-refractivity contribution in [2.75, 3.05) is 6.54 Å². The number of rotatable bonds is 7. The van der Waals surface area contributed by atoms with E-state index in [1.165, 1.54) is 0 Å². The van der Waals surface area contributed by atoms with Gasteiger partial charge >= 0.3 is 0 Å². The van der Waals surface area contributed by atoms with Gasteiger partial charge in [-0.1, -0.05) is 0 Å². The highest BCUT2D eigenvalue weighted by molar-refractivity contribution is 6.20. The van der Waals surface area contributed by atoms with Crippen LogP contribution in [0.5, 0.6) is 0 Å². The van der Waals surface area contributed by atoms with E-state index < -0.39 is 0 Å². The molecule has 0 radical (unpaired) electrons. The lowest BCUT2D eigenvalue weighted by molar-refractivity contribution is -0.121. The van der Waals surface area contributed by atoms with Crippen LogP contribution in [0.2, 0.25) is 0 Å². The molecule has 1 aromatic heterocycles. The maximum Gasteiger partial charge on any atom is 0.220 e. The summed E-state index contributed by atoms with van der Waals surface area (Å²) in [7, 11) is 0. The van der Waals surface area contributed by atoms with Gasteiger partial charge in [-0.2, -0.15) is 0 Å². The first kappa shape index (κ1) is 13.1. The van der Waals surface area contributed by atoms with E-state index in [1.54, 1.807) is 6.26 Å². The van der Waals surface area contributed by atoms with Crippen LogP contribution in [0.4, 0.5) is 0 Å². The van der Waals surface area contributed by atoms with Crippen LogP contribution in [0.15, 0.2) is 22.8 Å². The molecule has 0 aromatic carbocycles. The highest BCUT2D eigenvalue weighted by Gasteiger charge is 2.03. The summed E-state index contributed by atoms with van der Waals surface area (Å²) in [6.07, 6.45) is 4.61. The van der Waals surface area contributed by atoms with Crippen molar-refractivity contribution in [3.8, 4) is 0 Å². The number of furan rings is 1. The van der Waals surface area contributed by atoms with Crippen molar-refractivity contribution in [1.82, 2.24) is 5.32 Å². The molecular weight excluding hydrogens is 226 g/mol. The maximum atomic E-state index is 11.4. The summed E-state index contributed by atoms with van der Waals surface area (Å²) in [6, 6.07) is 3.71. The molecule has 1 amide bonds. The first-order valence-corrected chi connectivity index (χ1v) is 6.05. The van der Waals surface area contributed by atoms with Crippen LogP contribution >= 0.6 is 11.6 Å². The van der Waals surface area contributed by atoms with Gasteiger partial charge in [-0.15, -0.1) is 11.6 Å². The average Bonchev–Trinajstić information content (AvgIpc) is 2.74. The number of carbonyl (C=O) groups is 1. The molecule has 4 heteroatoms. The summed E-state index contributed by atoms with van der Waals surface area (Å²) >= 11 is 5.80. The molecule has 1 heterocycles. The predicted molar refractivity (Wildman–Crippen MR) is 64.6 cm³/mol. The second kappa shape index (κ2) is 7.34. The third kappa shape index (κ3) is 5.81. The number of aryl methyl sites for hydroxylation is 1. The second-order valence-electron chi connectivity index (χ2n) is 3.85. The third-order valence-electron chi connectivity index (χ3n) is 2.28. The van der Waals surface area contributed by atoms with Crippen molar-refractivity contribution in [3.05, 3.63) is 24.2 Å². The van der Waals surface area contributed by atoms with Gasteiger partial charge < -0.3 is 9.73 Å². The minimum absolute atomic E-state index is 0.0682. The molecule has 1 atom stereocenters. The van der Waals surface area contributed by atoms with E-state index in [0.29, 0.717) is 19.4 Å². The first-order valence-electron chi connectivity index (χ1n) is 5.61. The van der Waals surface area contributed by atoms with Gasteiger partial charge in [0.2, 0.25) is 5.91 Å². The molecule has 0 saturated carbocycles. The van der Waals surface area contributed by atoms with Crippen molar-refractivity contribution in [1.29, 1.82) is 0 Å². The normalized spacial score (nSPS) is 12.4. The Kier molecular flexibility index (Phi) is 6.01. The van der Waals surface area contributed by atoms with Crippen molar-refractivity contribution in [2.24, 2.45) is 0 Å². The molecule has 0 aliphatic rings. The molecule has 0 aliphatic heterocycles. The van der Waals surface area contributed by atoms with E-state index in [0.717, 1.165) is 18.6 Å². The molecule has 3 nitrogen and oxygen atoms in total. The Morgan fingerprint density at radius 2 is 2.44 bits per heavy atom. The zero-order valence-electron chi connectivity index (χ0n) is 9.54. The van der Waals surface area contributed by atoms with E-state index in [-0.39, 0.29) is 11.3 Å². The lowest BCUT2D eigenvalue weighted by Crippen LogP contribution is -2.24. The maximum absolute atomic E-state index is 11.4. The number of nitrogens with one attached hydrogen (secondary N) is 1. The Balaban J connectivity index is 2.03. The van der Waals surface area contributed by atoms with E-state index in [9.17, 15) is 4.79 Å². The zero-order valence-corrected chi connectivity index (χ0v) is 10.3. The Morgan fingerprint density at radius 1 is 1.62 bits per heavy atom. The SMILES string of the molecule is CC(Cl)CCCNC(=O)CCc1ccco1. The monoisotopic (exact) mass is 243 g/mol. The highest BCUT2D eigenvalue weighted by atomic mass is 35.5. The number of hydrogen-bond acceptors (Lipinski definition) is 2. The minimum Gasteiger partial charge on any atom is -0.469 e. The van der Waals surface area contributed by atoms with Crippen molar-refractivity contribution < 1.29 is 9.21 Å². The van der Waals surface area contributed by atoms with E-state index in [2.05, 4.69) is 5.32 Å². The number of halogens is 1. The average molecular weight is 244 g/mol. The van der Waals surface area contributed by atoms with Crippen LogP contribution in [0.25, 0.3) is 0 Å². The molecule has 90 valence electrons. The minimum atomic E-state index is 0.0682. The van der Waals surface area contributed by atoms with Crippen molar-refractivity contribution in [3.63, 3.8) is 0 Å². The summed E-state index contributed by atoms with van der Waals surface area (Å²) in [5.74, 6) is 0.920. The summed E-state index contributed by atoms with van der Waals surface area (Å²) in [6.45, 7) is 2.66. The number of amides is 1. The molecule has 1 N–H and O–H groups in total. The van der Waals surface area contributed by atoms with Crippen molar-refractivity contribution >= 4 is 17.5 Å². The van der Waals surface area contributed by atoms with Crippen LogP contribution in [-0.2, 0) is 11.2 Å². The molecule has 1 rings (SSSR count). The van der Waals surface area contributed by atoms with E-state index >= 15 is 0 Å². The zero-order chi connectivity index (χ0) is 11.8. The van der Waals surface area contributed by atoms with Crippen LogP contribution in [0, 0.1) is 0 Å². The van der Waals surface area contributed by atoms with Crippen LogP contribution in [0.1, 0.15) is 31.9 Å². The Labute approximate surface area is 101 Å². The van der Waals surface area contributed by atoms with Gasteiger partial charge in [0.15, 0.2) is 0 Å². The molecule has 0 aliphatic carbocycles. The lowest BCUT2D eigenvalue weighted by atomic mass is 10.2. The second-order valence-corrected chi connectivity index (χ2v) is 4.60. The Bertz CT molecular complexity index is 296. The third-order valence-corrected chi connectivity index (χ3v) is 2.50. The van der Waals surface area contributed by atoms with Gasteiger partial charge in [-0.3, -0.25) is 4.79 Å². The Morgan fingerprint density at radius 3 is 3.06 bits per heavy atom. The molecule has 0 bridgehead atoms. The molecule has 1 aromatic rings. The summed E-state index contributed by atoms with van der Waals surface area (Å²) in [5.41, 5.74) is 0. The van der Waals surface area contributed by atoms with E-state index in [1.807, 2.05) is 19.1 Å². The van der Waals surface area contributed by atoms with Gasteiger partial charge in [0.25, 0.3) is 0 Å². The predicted octanol–water partition coefficient (Wildman–Crippen LogP) is 2.74. The van der Waals surface area contributed by atoms with Crippen LogP contribution < -0.4 is 5.32 Å². The lowest BCUT2D eigenvalue weighted by Gasteiger charge is -2.05. The standard InChI is InChI=1S/C12H18ClNO2/c1-10(13)4-2-8-14-12(15)7-6-11-5-3-9-16-11/h3,5,9-10H,2,4,6-8H2,1H3,(H,14,15). The fourth-order valence-corrected chi connectivity index (χ4v) is 1.55. The van der Waals surface area contributed by atoms with Crippen LogP contribution in [-0.4, -0.2) is 17.8 Å². The topological polar surface area (TPSA) is 42.2 Å². The molecule has 0 saturated heterocycles. The quantitative estimate of drug-likeness (QED) is 0.591. The summed E-state index contributed by atoms with van der Waals surface area (Å²) in [4.78, 5) is 11.4. The van der Waals surface area contributed by atoms with Gasteiger partial charge in [0.1, 0.15) is 5.76 Å². The fourth-order valence-electron chi connectivity index (χ4n) is 1.39. The van der Waals surface area contributed by atoms with Crippen LogP contribution in [0.3, 0.4) is 0 Å². The molecule has 1 unspecified atom stereocenters. The number of hydrogen-bond donors (Lipinski definition) is 1. The summed E-state index contributed by atoms with van der Waals surface area (Å²) < 4.78 is 5.14. The highest BCUT2D eigenvalue weighted by Crippen LogP contribution is 2.04. The summed E-state index contributed by atoms with van der Waals surface area (Å²) in [5, 5.41) is 3.04. The molecular formula is C12H18ClNO2. The number of alkyl halides is 1. The smallest absolute Gasteiger partial charge is 0.220 e.